The number of halogens is 1. The number of nitrogens with one attached hydrogen (secondary N) is 1. The van der Waals surface area contributed by atoms with Crippen molar-refractivity contribution in [2.75, 3.05) is 12.4 Å². The van der Waals surface area contributed by atoms with Crippen LogP contribution in [0.2, 0.25) is 5.02 Å². The molecule has 1 N–H and O–H groups in total. The first-order valence-electron chi connectivity index (χ1n) is 6.12. The Bertz CT molecular complexity index is 723. The highest BCUT2D eigenvalue weighted by Crippen LogP contribution is 2.31. The fourth-order valence-corrected chi connectivity index (χ4v) is 2.39. The molecule has 3 heteroatoms. The first-order chi connectivity index (χ1) is 9.29. The van der Waals surface area contributed by atoms with E-state index in [0.717, 1.165) is 27.8 Å². The van der Waals surface area contributed by atoms with E-state index in [1.54, 1.807) is 0 Å². The molecule has 1 aromatic heterocycles. The van der Waals surface area contributed by atoms with E-state index >= 15 is 0 Å². The number of hydrogen-bond acceptors (Lipinski definition) is 2. The summed E-state index contributed by atoms with van der Waals surface area (Å²) in [7, 11) is 1.91. The van der Waals surface area contributed by atoms with Gasteiger partial charge in [-0.25, -0.2) is 4.98 Å². The number of anilines is 1. The van der Waals surface area contributed by atoms with Crippen molar-refractivity contribution in [2.24, 2.45) is 0 Å². The van der Waals surface area contributed by atoms with E-state index in [4.69, 9.17) is 11.6 Å². The first-order valence-corrected chi connectivity index (χ1v) is 6.50. The maximum absolute atomic E-state index is 6.26. The van der Waals surface area contributed by atoms with Gasteiger partial charge in [0.05, 0.1) is 16.2 Å². The van der Waals surface area contributed by atoms with Gasteiger partial charge in [0.1, 0.15) is 0 Å². The minimum atomic E-state index is 0.673. The van der Waals surface area contributed by atoms with Crippen molar-refractivity contribution in [3.05, 3.63) is 59.6 Å². The van der Waals surface area contributed by atoms with Crippen LogP contribution in [-0.2, 0) is 0 Å². The molecule has 0 saturated heterocycles. The van der Waals surface area contributed by atoms with Crippen LogP contribution in [0.15, 0.2) is 54.6 Å². The van der Waals surface area contributed by atoms with Crippen molar-refractivity contribution in [3.8, 4) is 11.3 Å². The molecular formula is C16H13ClN2. The van der Waals surface area contributed by atoms with E-state index in [0.29, 0.717) is 5.02 Å². The van der Waals surface area contributed by atoms with E-state index < -0.39 is 0 Å². The molecule has 3 aromatic rings. The lowest BCUT2D eigenvalue weighted by Gasteiger charge is -2.10. The summed E-state index contributed by atoms with van der Waals surface area (Å²) in [4.78, 5) is 4.68. The zero-order valence-corrected chi connectivity index (χ0v) is 11.3. The lowest BCUT2D eigenvalue weighted by Crippen LogP contribution is -1.94. The highest BCUT2D eigenvalue weighted by molar-refractivity contribution is 6.35. The topological polar surface area (TPSA) is 24.9 Å². The molecule has 94 valence electrons. The van der Waals surface area contributed by atoms with Gasteiger partial charge in [-0.1, -0.05) is 54.1 Å². The lowest BCUT2D eigenvalue weighted by atomic mass is 10.1. The van der Waals surface area contributed by atoms with Crippen molar-refractivity contribution in [2.45, 2.75) is 0 Å². The molecule has 0 aliphatic rings. The smallest absolute Gasteiger partial charge is 0.0916 e. The fourth-order valence-electron chi connectivity index (χ4n) is 2.18. The van der Waals surface area contributed by atoms with Gasteiger partial charge in [-0.3, -0.25) is 0 Å². The molecule has 0 unspecified atom stereocenters. The van der Waals surface area contributed by atoms with Gasteiger partial charge >= 0.3 is 0 Å². The van der Waals surface area contributed by atoms with Crippen molar-refractivity contribution in [3.63, 3.8) is 0 Å². The van der Waals surface area contributed by atoms with E-state index in [1.165, 1.54) is 0 Å². The highest BCUT2D eigenvalue weighted by Gasteiger charge is 2.08. The Hall–Kier alpha value is -2.06. The largest absolute Gasteiger partial charge is 0.388 e. The van der Waals surface area contributed by atoms with Crippen LogP contribution in [0.1, 0.15) is 0 Å². The third-order valence-corrected chi connectivity index (χ3v) is 3.43. The molecular weight excluding hydrogens is 256 g/mol. The molecule has 0 bridgehead atoms. The number of para-hydroxylation sites is 1. The second-order valence-electron chi connectivity index (χ2n) is 4.31. The predicted octanol–water partition coefficient (Wildman–Crippen LogP) is 4.60. The molecule has 0 aliphatic carbocycles. The summed E-state index contributed by atoms with van der Waals surface area (Å²) in [5.41, 5.74) is 3.87. The standard InChI is InChI=1S/C16H13ClN2/c1-18-15-10-14(11-6-3-2-4-7-11)19-16-12(15)8-5-9-13(16)17/h2-10H,1H3,(H,18,19). The number of aromatic nitrogens is 1. The molecule has 0 atom stereocenters. The SMILES string of the molecule is CNc1cc(-c2ccccc2)nc2c(Cl)cccc12. The Morgan fingerprint density at radius 1 is 1.00 bits per heavy atom. The zero-order valence-electron chi connectivity index (χ0n) is 10.5. The second-order valence-corrected chi connectivity index (χ2v) is 4.71. The van der Waals surface area contributed by atoms with Gasteiger partial charge < -0.3 is 5.32 Å². The maximum Gasteiger partial charge on any atom is 0.0916 e. The molecule has 0 radical (unpaired) electrons. The maximum atomic E-state index is 6.26. The molecule has 0 aliphatic heterocycles. The molecule has 3 rings (SSSR count). The molecule has 2 nitrogen and oxygen atoms in total. The number of nitrogens with zero attached hydrogens (tertiary/aromatic N) is 1. The van der Waals surface area contributed by atoms with Gasteiger partial charge in [0.15, 0.2) is 0 Å². The third kappa shape index (κ3) is 2.15. The minimum Gasteiger partial charge on any atom is -0.388 e. The van der Waals surface area contributed by atoms with Gasteiger partial charge in [-0.15, -0.1) is 0 Å². The lowest BCUT2D eigenvalue weighted by molar-refractivity contribution is 1.38. The second kappa shape index (κ2) is 4.90. The first kappa shape index (κ1) is 12.0. The summed E-state index contributed by atoms with van der Waals surface area (Å²) < 4.78 is 0. The average Bonchev–Trinajstić information content (AvgIpc) is 2.48. The van der Waals surface area contributed by atoms with Crippen molar-refractivity contribution in [1.82, 2.24) is 4.98 Å². The molecule has 19 heavy (non-hydrogen) atoms. The Labute approximate surface area is 117 Å². The zero-order chi connectivity index (χ0) is 13.2. The van der Waals surface area contributed by atoms with Crippen molar-refractivity contribution >= 4 is 28.2 Å². The molecule has 0 amide bonds. The van der Waals surface area contributed by atoms with Crippen LogP contribution in [0.5, 0.6) is 0 Å². The molecule has 2 aromatic carbocycles. The summed E-state index contributed by atoms with van der Waals surface area (Å²) in [6.45, 7) is 0. The Morgan fingerprint density at radius 2 is 1.79 bits per heavy atom. The molecule has 1 heterocycles. The van der Waals surface area contributed by atoms with Crippen LogP contribution in [0, 0.1) is 0 Å². The van der Waals surface area contributed by atoms with Crippen molar-refractivity contribution in [1.29, 1.82) is 0 Å². The Kier molecular flexibility index (Phi) is 3.10. The predicted molar refractivity (Wildman–Crippen MR) is 81.7 cm³/mol. The summed E-state index contributed by atoms with van der Waals surface area (Å²) in [5, 5.41) is 4.92. The van der Waals surface area contributed by atoms with E-state index in [9.17, 15) is 0 Å². The quantitative estimate of drug-likeness (QED) is 0.735. The van der Waals surface area contributed by atoms with Crippen LogP contribution in [-0.4, -0.2) is 12.0 Å². The number of rotatable bonds is 2. The fraction of sp³-hybridized carbons (Fsp3) is 0.0625. The number of pyridine rings is 1. The summed E-state index contributed by atoms with van der Waals surface area (Å²) >= 11 is 6.26. The molecule has 0 saturated carbocycles. The third-order valence-electron chi connectivity index (χ3n) is 3.13. The van der Waals surface area contributed by atoms with E-state index in [1.807, 2.05) is 61.6 Å². The molecule has 0 spiro atoms. The van der Waals surface area contributed by atoms with Crippen LogP contribution >= 0.6 is 11.6 Å². The Balaban J connectivity index is 2.31. The normalized spacial score (nSPS) is 10.6. The van der Waals surface area contributed by atoms with Gasteiger partial charge in [0.2, 0.25) is 0 Å². The summed E-state index contributed by atoms with van der Waals surface area (Å²) in [5.74, 6) is 0. The van der Waals surface area contributed by atoms with Crippen LogP contribution in [0.3, 0.4) is 0 Å². The van der Waals surface area contributed by atoms with Crippen molar-refractivity contribution < 1.29 is 0 Å². The van der Waals surface area contributed by atoms with Crippen LogP contribution in [0.4, 0.5) is 5.69 Å². The van der Waals surface area contributed by atoms with Crippen LogP contribution in [0.25, 0.3) is 22.2 Å². The minimum absolute atomic E-state index is 0.673. The number of hydrogen-bond donors (Lipinski definition) is 1. The highest BCUT2D eigenvalue weighted by atomic mass is 35.5. The number of fused-ring (bicyclic) bond motifs is 1. The Morgan fingerprint density at radius 3 is 2.53 bits per heavy atom. The summed E-state index contributed by atoms with van der Waals surface area (Å²) in [6, 6.07) is 18.0. The number of benzene rings is 2. The van der Waals surface area contributed by atoms with E-state index in [-0.39, 0.29) is 0 Å². The van der Waals surface area contributed by atoms with Gasteiger partial charge in [0, 0.05) is 23.7 Å². The van der Waals surface area contributed by atoms with E-state index in [2.05, 4.69) is 10.3 Å². The average molecular weight is 269 g/mol. The van der Waals surface area contributed by atoms with Gasteiger partial charge in [-0.05, 0) is 12.1 Å². The van der Waals surface area contributed by atoms with Gasteiger partial charge in [-0.2, -0.15) is 0 Å². The van der Waals surface area contributed by atoms with Crippen LogP contribution < -0.4 is 5.32 Å². The monoisotopic (exact) mass is 268 g/mol. The van der Waals surface area contributed by atoms with Gasteiger partial charge in [0.25, 0.3) is 0 Å². The molecule has 0 fully saturated rings. The summed E-state index contributed by atoms with van der Waals surface area (Å²) in [6.07, 6.45) is 0.